The van der Waals surface area contributed by atoms with E-state index in [1.54, 1.807) is 7.11 Å². The van der Waals surface area contributed by atoms with Crippen LogP contribution in [0.15, 0.2) is 30.6 Å². The highest BCUT2D eigenvalue weighted by atomic mass is 16.6. The Labute approximate surface area is 139 Å². The molecule has 8 heteroatoms. The molecule has 1 N–H and O–H groups in total. The van der Waals surface area contributed by atoms with Crippen LogP contribution in [-0.4, -0.2) is 41.7 Å². The normalized spacial score (nSPS) is 13.0. The molecule has 3 rings (SSSR count). The predicted octanol–water partition coefficient (Wildman–Crippen LogP) is 2.53. The lowest BCUT2D eigenvalue weighted by Gasteiger charge is -2.19. The molecule has 0 amide bonds. The first-order chi connectivity index (χ1) is 11.7. The highest BCUT2D eigenvalue weighted by Gasteiger charge is 2.31. The number of anilines is 3. The number of hydrogen-bond donors (Lipinski definition) is 1. The molecular formula is C16H19N5O3. The number of nitro groups is 1. The molecule has 0 radical (unpaired) electrons. The number of nitrogens with zero attached hydrogens (tertiary/aromatic N) is 4. The zero-order chi connectivity index (χ0) is 16.9. The van der Waals surface area contributed by atoms with Crippen LogP contribution in [0, 0.1) is 10.1 Å². The number of nitrogens with one attached hydrogen (secondary N) is 1. The Morgan fingerprint density at radius 1 is 1.38 bits per heavy atom. The van der Waals surface area contributed by atoms with Gasteiger partial charge in [0.15, 0.2) is 0 Å². The largest absolute Gasteiger partial charge is 0.385 e. The number of ether oxygens (including phenoxy) is 1. The van der Waals surface area contributed by atoms with Crippen molar-refractivity contribution in [2.24, 2.45) is 0 Å². The number of hydrogen-bond acceptors (Lipinski definition) is 7. The predicted molar refractivity (Wildman–Crippen MR) is 90.8 cm³/mol. The van der Waals surface area contributed by atoms with Gasteiger partial charge >= 0.3 is 5.69 Å². The van der Waals surface area contributed by atoms with Crippen molar-refractivity contribution in [1.82, 2.24) is 9.97 Å². The van der Waals surface area contributed by atoms with Crippen molar-refractivity contribution >= 4 is 23.0 Å². The topological polar surface area (TPSA) is 93.4 Å². The number of rotatable bonds is 7. The summed E-state index contributed by atoms with van der Waals surface area (Å²) in [5.41, 5.74) is 2.04. The zero-order valence-electron chi connectivity index (χ0n) is 13.4. The van der Waals surface area contributed by atoms with E-state index in [-0.39, 0.29) is 11.5 Å². The molecule has 1 aliphatic rings. The molecule has 0 bridgehead atoms. The molecule has 0 saturated carbocycles. The standard InChI is InChI=1S/C16H19N5O3/c1-24-10-4-8-17-15-14(21(22)23)16(19-11-18-15)20-9-7-12-5-2-3-6-13(12)20/h2-3,5-6,11H,4,7-10H2,1H3,(H,17,18,19). The Kier molecular flexibility index (Phi) is 4.85. The smallest absolute Gasteiger partial charge is 0.353 e. The maximum Gasteiger partial charge on any atom is 0.353 e. The van der Waals surface area contributed by atoms with Crippen molar-refractivity contribution in [3.63, 3.8) is 0 Å². The molecule has 2 aromatic rings. The van der Waals surface area contributed by atoms with Crippen molar-refractivity contribution in [2.75, 3.05) is 37.0 Å². The van der Waals surface area contributed by atoms with Gasteiger partial charge in [-0.3, -0.25) is 10.1 Å². The molecule has 0 saturated heterocycles. The van der Waals surface area contributed by atoms with Crippen LogP contribution in [0.3, 0.4) is 0 Å². The van der Waals surface area contributed by atoms with Gasteiger partial charge in [-0.15, -0.1) is 0 Å². The van der Waals surface area contributed by atoms with E-state index in [0.29, 0.717) is 25.5 Å². The van der Waals surface area contributed by atoms with E-state index >= 15 is 0 Å². The van der Waals surface area contributed by atoms with Crippen LogP contribution >= 0.6 is 0 Å². The van der Waals surface area contributed by atoms with Crippen LogP contribution in [0.5, 0.6) is 0 Å². The van der Waals surface area contributed by atoms with E-state index in [9.17, 15) is 10.1 Å². The van der Waals surface area contributed by atoms with Crippen LogP contribution in [0.1, 0.15) is 12.0 Å². The van der Waals surface area contributed by atoms with Gasteiger partial charge in [-0.25, -0.2) is 9.97 Å². The van der Waals surface area contributed by atoms with E-state index in [1.165, 1.54) is 11.9 Å². The minimum Gasteiger partial charge on any atom is -0.385 e. The summed E-state index contributed by atoms with van der Waals surface area (Å²) >= 11 is 0. The quantitative estimate of drug-likeness (QED) is 0.474. The number of aromatic nitrogens is 2. The second-order valence-corrected chi connectivity index (χ2v) is 5.46. The van der Waals surface area contributed by atoms with Gasteiger partial charge in [0.1, 0.15) is 6.33 Å². The summed E-state index contributed by atoms with van der Waals surface area (Å²) in [6.07, 6.45) is 2.94. The lowest BCUT2D eigenvalue weighted by Crippen LogP contribution is -2.18. The number of para-hydroxylation sites is 1. The fraction of sp³-hybridized carbons (Fsp3) is 0.375. The highest BCUT2D eigenvalue weighted by Crippen LogP contribution is 2.39. The second-order valence-electron chi connectivity index (χ2n) is 5.46. The lowest BCUT2D eigenvalue weighted by atomic mass is 10.2. The van der Waals surface area contributed by atoms with Crippen molar-refractivity contribution in [3.8, 4) is 0 Å². The molecule has 1 aromatic heterocycles. The highest BCUT2D eigenvalue weighted by molar-refractivity contribution is 5.78. The first-order valence-corrected chi connectivity index (χ1v) is 7.80. The fourth-order valence-corrected chi connectivity index (χ4v) is 2.85. The van der Waals surface area contributed by atoms with Gasteiger partial charge in [0, 0.05) is 32.5 Å². The van der Waals surface area contributed by atoms with Crippen LogP contribution in [-0.2, 0) is 11.2 Å². The molecular weight excluding hydrogens is 310 g/mol. The van der Waals surface area contributed by atoms with Crippen molar-refractivity contribution in [3.05, 3.63) is 46.3 Å². The third-order valence-corrected chi connectivity index (χ3v) is 3.95. The Bertz CT molecular complexity index is 737. The Morgan fingerprint density at radius 3 is 3.00 bits per heavy atom. The average Bonchev–Trinajstić information content (AvgIpc) is 3.02. The van der Waals surface area contributed by atoms with E-state index < -0.39 is 4.92 Å². The molecule has 8 nitrogen and oxygen atoms in total. The summed E-state index contributed by atoms with van der Waals surface area (Å²) in [5, 5.41) is 14.7. The van der Waals surface area contributed by atoms with Crippen LogP contribution in [0.2, 0.25) is 0 Å². The molecule has 1 aliphatic heterocycles. The number of fused-ring (bicyclic) bond motifs is 1. The number of benzene rings is 1. The van der Waals surface area contributed by atoms with Gasteiger partial charge in [0.05, 0.1) is 4.92 Å². The summed E-state index contributed by atoms with van der Waals surface area (Å²) in [5.74, 6) is 0.569. The van der Waals surface area contributed by atoms with Gasteiger partial charge in [-0.05, 0) is 24.5 Å². The van der Waals surface area contributed by atoms with E-state index in [1.807, 2.05) is 29.2 Å². The molecule has 0 aliphatic carbocycles. The first kappa shape index (κ1) is 16.1. The first-order valence-electron chi connectivity index (χ1n) is 7.80. The van der Waals surface area contributed by atoms with Gasteiger partial charge in [0.2, 0.25) is 11.6 Å². The summed E-state index contributed by atoms with van der Waals surface area (Å²) in [4.78, 5) is 21.3. The SMILES string of the molecule is COCCCNc1ncnc(N2CCc3ccccc32)c1[N+](=O)[O-]. The monoisotopic (exact) mass is 329 g/mol. The van der Waals surface area contributed by atoms with Crippen LogP contribution < -0.4 is 10.2 Å². The summed E-state index contributed by atoms with van der Waals surface area (Å²) in [6, 6.07) is 7.89. The Balaban J connectivity index is 1.92. The molecule has 0 unspecified atom stereocenters. The third-order valence-electron chi connectivity index (χ3n) is 3.95. The van der Waals surface area contributed by atoms with Crippen LogP contribution in [0.4, 0.5) is 23.0 Å². The molecule has 126 valence electrons. The van der Waals surface area contributed by atoms with Gasteiger partial charge in [-0.2, -0.15) is 0 Å². The maximum absolute atomic E-state index is 11.6. The summed E-state index contributed by atoms with van der Waals surface area (Å²) in [7, 11) is 1.62. The van der Waals surface area contributed by atoms with Gasteiger partial charge in [0.25, 0.3) is 0 Å². The number of methoxy groups -OCH3 is 1. The minimum absolute atomic E-state index is 0.0911. The maximum atomic E-state index is 11.6. The van der Waals surface area contributed by atoms with Gasteiger partial charge < -0.3 is 15.0 Å². The molecule has 0 fully saturated rings. The van der Waals surface area contributed by atoms with Gasteiger partial charge in [-0.1, -0.05) is 18.2 Å². The summed E-state index contributed by atoms with van der Waals surface area (Å²) in [6.45, 7) is 1.79. The molecule has 0 spiro atoms. The van der Waals surface area contributed by atoms with E-state index in [4.69, 9.17) is 4.74 Å². The molecule has 24 heavy (non-hydrogen) atoms. The third kappa shape index (κ3) is 3.13. The Morgan fingerprint density at radius 2 is 2.21 bits per heavy atom. The van der Waals surface area contributed by atoms with Crippen LogP contribution in [0.25, 0.3) is 0 Å². The Hall–Kier alpha value is -2.74. The van der Waals surface area contributed by atoms with Crippen molar-refractivity contribution < 1.29 is 9.66 Å². The van der Waals surface area contributed by atoms with E-state index in [0.717, 1.165) is 18.5 Å². The zero-order valence-corrected chi connectivity index (χ0v) is 13.4. The minimum atomic E-state index is -0.422. The average molecular weight is 329 g/mol. The molecule has 0 atom stereocenters. The van der Waals surface area contributed by atoms with Crippen molar-refractivity contribution in [2.45, 2.75) is 12.8 Å². The molecule has 1 aromatic carbocycles. The van der Waals surface area contributed by atoms with E-state index in [2.05, 4.69) is 15.3 Å². The summed E-state index contributed by atoms with van der Waals surface area (Å²) < 4.78 is 4.99. The fourth-order valence-electron chi connectivity index (χ4n) is 2.85. The van der Waals surface area contributed by atoms with Crippen molar-refractivity contribution in [1.29, 1.82) is 0 Å². The lowest BCUT2D eigenvalue weighted by molar-refractivity contribution is -0.383. The second kappa shape index (κ2) is 7.22. The molecule has 2 heterocycles.